The van der Waals surface area contributed by atoms with E-state index in [1.54, 1.807) is 0 Å². The SMILES string of the molecule is CCc1cc2[nH]c(O[C@@]34CCO[C@@H]3CCO4)nc2nc1NCC(=O)c1ccccc1. The summed E-state index contributed by atoms with van der Waals surface area (Å²) in [6.45, 7) is 3.45. The van der Waals surface area contributed by atoms with Gasteiger partial charge in [-0.15, -0.1) is 0 Å². The summed E-state index contributed by atoms with van der Waals surface area (Å²) in [6, 6.07) is 11.6. The third-order valence-electron chi connectivity index (χ3n) is 5.68. The second-order valence-electron chi connectivity index (χ2n) is 7.57. The minimum atomic E-state index is -0.759. The van der Waals surface area contributed by atoms with Crippen molar-refractivity contribution < 1.29 is 19.0 Å². The van der Waals surface area contributed by atoms with Gasteiger partial charge in [0, 0.05) is 18.4 Å². The lowest BCUT2D eigenvalue weighted by atomic mass is 10.1. The highest BCUT2D eigenvalue weighted by atomic mass is 16.7. The number of H-pyrrole nitrogens is 1. The van der Waals surface area contributed by atoms with E-state index in [2.05, 4.69) is 20.3 Å². The van der Waals surface area contributed by atoms with Crippen molar-refractivity contribution in [3.63, 3.8) is 0 Å². The van der Waals surface area contributed by atoms with Crippen LogP contribution in [0.1, 0.15) is 35.7 Å². The van der Waals surface area contributed by atoms with Gasteiger partial charge in [0.05, 0.1) is 25.3 Å². The van der Waals surface area contributed by atoms with Crippen LogP contribution in [0.25, 0.3) is 11.2 Å². The summed E-state index contributed by atoms with van der Waals surface area (Å²) in [5, 5.41) is 3.17. The van der Waals surface area contributed by atoms with Crippen LogP contribution in [-0.4, -0.2) is 52.4 Å². The largest absolute Gasteiger partial charge is 0.429 e. The Morgan fingerprint density at radius 1 is 1.30 bits per heavy atom. The topological polar surface area (TPSA) is 98.4 Å². The van der Waals surface area contributed by atoms with Gasteiger partial charge < -0.3 is 24.5 Å². The molecule has 1 aromatic carbocycles. The molecule has 2 aliphatic rings. The average molecular weight is 408 g/mol. The van der Waals surface area contributed by atoms with Crippen LogP contribution in [0.4, 0.5) is 5.82 Å². The minimum absolute atomic E-state index is 0.00959. The lowest BCUT2D eigenvalue weighted by Gasteiger charge is -2.25. The fourth-order valence-electron chi connectivity index (χ4n) is 4.07. The Kier molecular flexibility index (Phi) is 4.88. The van der Waals surface area contributed by atoms with Crippen LogP contribution in [0.5, 0.6) is 6.01 Å². The molecule has 0 aliphatic carbocycles. The van der Waals surface area contributed by atoms with Crippen molar-refractivity contribution in [1.29, 1.82) is 0 Å². The predicted octanol–water partition coefficient (Wildman–Crippen LogP) is 3.10. The number of nitrogens with zero attached hydrogens (tertiary/aromatic N) is 2. The van der Waals surface area contributed by atoms with E-state index in [9.17, 15) is 4.79 Å². The van der Waals surface area contributed by atoms with Crippen molar-refractivity contribution in [2.45, 2.75) is 38.1 Å². The number of aromatic amines is 1. The third-order valence-corrected chi connectivity index (χ3v) is 5.68. The van der Waals surface area contributed by atoms with Crippen molar-refractivity contribution >= 4 is 22.8 Å². The molecular weight excluding hydrogens is 384 g/mol. The Bertz CT molecular complexity index is 1060. The number of hydrogen-bond acceptors (Lipinski definition) is 7. The molecule has 2 aliphatic heterocycles. The van der Waals surface area contributed by atoms with Crippen molar-refractivity contribution in [3.8, 4) is 6.01 Å². The second kappa shape index (κ2) is 7.70. The Morgan fingerprint density at radius 3 is 3.00 bits per heavy atom. The van der Waals surface area contributed by atoms with Gasteiger partial charge in [-0.2, -0.15) is 4.98 Å². The number of fused-ring (bicyclic) bond motifs is 2. The van der Waals surface area contributed by atoms with E-state index >= 15 is 0 Å². The first kappa shape index (κ1) is 19.0. The summed E-state index contributed by atoms with van der Waals surface area (Å²) in [5.74, 6) is -0.0926. The fourth-order valence-corrected chi connectivity index (χ4v) is 4.07. The quantitative estimate of drug-likeness (QED) is 0.580. The molecule has 2 N–H and O–H groups in total. The molecule has 0 bridgehead atoms. The van der Waals surface area contributed by atoms with Crippen LogP contribution in [0.2, 0.25) is 0 Å². The van der Waals surface area contributed by atoms with Gasteiger partial charge in [0.1, 0.15) is 11.9 Å². The van der Waals surface area contributed by atoms with Crippen LogP contribution in [-0.2, 0) is 15.9 Å². The molecule has 0 amide bonds. The normalized spacial score (nSPS) is 22.9. The summed E-state index contributed by atoms with van der Waals surface area (Å²) >= 11 is 0. The van der Waals surface area contributed by atoms with E-state index in [1.807, 2.05) is 43.3 Å². The average Bonchev–Trinajstić information content (AvgIpc) is 3.45. The molecule has 0 saturated carbocycles. The maximum Gasteiger partial charge on any atom is 0.298 e. The number of hydrogen-bond donors (Lipinski definition) is 2. The van der Waals surface area contributed by atoms with Crippen LogP contribution < -0.4 is 10.1 Å². The first-order chi connectivity index (χ1) is 14.7. The summed E-state index contributed by atoms with van der Waals surface area (Å²) in [6.07, 6.45) is 2.20. The van der Waals surface area contributed by atoms with E-state index in [4.69, 9.17) is 14.2 Å². The van der Waals surface area contributed by atoms with Crippen LogP contribution in [0, 0.1) is 0 Å². The van der Waals surface area contributed by atoms with E-state index in [0.29, 0.717) is 42.7 Å². The molecule has 156 valence electrons. The van der Waals surface area contributed by atoms with Gasteiger partial charge >= 0.3 is 0 Å². The maximum absolute atomic E-state index is 12.4. The smallest absolute Gasteiger partial charge is 0.298 e. The number of ketones is 1. The molecule has 4 heterocycles. The highest BCUT2D eigenvalue weighted by Crippen LogP contribution is 2.38. The summed E-state index contributed by atoms with van der Waals surface area (Å²) in [7, 11) is 0. The number of pyridine rings is 1. The monoisotopic (exact) mass is 408 g/mol. The zero-order chi connectivity index (χ0) is 20.6. The van der Waals surface area contributed by atoms with Crippen molar-refractivity contribution in [2.75, 3.05) is 25.1 Å². The van der Waals surface area contributed by atoms with Gasteiger partial charge in [-0.1, -0.05) is 37.3 Å². The van der Waals surface area contributed by atoms with E-state index in [0.717, 1.165) is 23.9 Å². The number of benzene rings is 1. The highest BCUT2D eigenvalue weighted by molar-refractivity contribution is 5.99. The summed E-state index contributed by atoms with van der Waals surface area (Å²) in [4.78, 5) is 24.8. The van der Waals surface area contributed by atoms with Crippen LogP contribution in [0.15, 0.2) is 36.4 Å². The minimum Gasteiger partial charge on any atom is -0.429 e. The molecule has 2 atom stereocenters. The van der Waals surface area contributed by atoms with Crippen molar-refractivity contribution in [1.82, 2.24) is 15.0 Å². The number of aryl methyl sites for hydroxylation is 1. The number of Topliss-reactive ketones (excluding diaryl/α,β-unsaturated/α-hetero) is 1. The number of aromatic nitrogens is 3. The molecule has 0 unspecified atom stereocenters. The number of carbonyl (C=O) groups is 1. The lowest BCUT2D eigenvalue weighted by molar-refractivity contribution is -0.167. The molecule has 30 heavy (non-hydrogen) atoms. The van der Waals surface area contributed by atoms with Gasteiger partial charge in [0.25, 0.3) is 6.01 Å². The highest BCUT2D eigenvalue weighted by Gasteiger charge is 2.52. The standard InChI is InChI=1S/C22H24N4O4/c1-2-14-12-16-20(25-19(14)23-13-17(27)15-6-4-3-5-7-15)26-21(24-16)30-22-9-11-28-18(22)8-10-29-22/h3-7,12,18H,2,8-11,13H2,1H3,(H2,23,24,25,26)/t18-,22+/m1/s1. The number of rotatable bonds is 7. The third kappa shape index (κ3) is 3.42. The number of anilines is 1. The maximum atomic E-state index is 12.4. The molecule has 2 saturated heterocycles. The zero-order valence-corrected chi connectivity index (χ0v) is 16.8. The summed E-state index contributed by atoms with van der Waals surface area (Å²) in [5.41, 5.74) is 2.98. The number of imidazole rings is 1. The lowest BCUT2D eigenvalue weighted by Crippen LogP contribution is -2.41. The van der Waals surface area contributed by atoms with Crippen LogP contribution in [0.3, 0.4) is 0 Å². The summed E-state index contributed by atoms with van der Waals surface area (Å²) < 4.78 is 17.7. The van der Waals surface area contributed by atoms with Gasteiger partial charge in [0.15, 0.2) is 11.4 Å². The van der Waals surface area contributed by atoms with Gasteiger partial charge in [-0.3, -0.25) is 4.79 Å². The van der Waals surface area contributed by atoms with E-state index < -0.39 is 5.79 Å². The first-order valence-electron chi connectivity index (χ1n) is 10.3. The number of ether oxygens (including phenoxy) is 3. The molecule has 5 rings (SSSR count). The Labute approximate surface area is 174 Å². The predicted molar refractivity (Wildman–Crippen MR) is 111 cm³/mol. The van der Waals surface area contributed by atoms with Crippen LogP contribution >= 0.6 is 0 Å². The molecule has 8 heteroatoms. The molecule has 8 nitrogen and oxygen atoms in total. The number of carbonyl (C=O) groups excluding carboxylic acids is 1. The first-order valence-corrected chi connectivity index (χ1v) is 10.3. The second-order valence-corrected chi connectivity index (χ2v) is 7.57. The fraction of sp³-hybridized carbons (Fsp3) is 0.409. The Morgan fingerprint density at radius 2 is 2.17 bits per heavy atom. The Balaban J connectivity index is 1.36. The van der Waals surface area contributed by atoms with E-state index in [-0.39, 0.29) is 18.4 Å². The van der Waals surface area contributed by atoms with E-state index in [1.165, 1.54) is 0 Å². The molecule has 2 aromatic heterocycles. The Hall–Kier alpha value is -2.97. The van der Waals surface area contributed by atoms with Gasteiger partial charge in [-0.25, -0.2) is 4.98 Å². The molecule has 0 spiro atoms. The molecule has 2 fully saturated rings. The van der Waals surface area contributed by atoms with Crippen molar-refractivity contribution in [2.24, 2.45) is 0 Å². The molecule has 0 radical (unpaired) electrons. The van der Waals surface area contributed by atoms with Crippen molar-refractivity contribution in [3.05, 3.63) is 47.5 Å². The zero-order valence-electron chi connectivity index (χ0n) is 16.8. The molecule has 3 aromatic rings. The van der Waals surface area contributed by atoms with Gasteiger partial charge in [-0.05, 0) is 18.1 Å². The van der Waals surface area contributed by atoms with Gasteiger partial charge in [0.2, 0.25) is 5.79 Å². The number of nitrogens with one attached hydrogen (secondary N) is 2. The molecular formula is C22H24N4O4.